The van der Waals surface area contributed by atoms with Gasteiger partial charge < -0.3 is 10.6 Å². The molecule has 7 heteroatoms. The third-order valence-corrected chi connectivity index (χ3v) is 3.10. The number of pyridine rings is 1. The zero-order valence-electron chi connectivity index (χ0n) is 10.6. The van der Waals surface area contributed by atoms with Crippen molar-refractivity contribution in [2.45, 2.75) is 6.42 Å². The standard InChI is InChI=1S/C13H13N5O2/c19-12-6-9(7-15-12)13(20)17-10-2-3-11(14-8-10)18-5-1-4-16-18/h1-5,8-9H,6-7H2,(H,15,19)(H,17,20). The van der Waals surface area contributed by atoms with E-state index in [1.165, 1.54) is 0 Å². The molecule has 3 heterocycles. The van der Waals surface area contributed by atoms with Gasteiger partial charge in [-0.3, -0.25) is 9.59 Å². The molecule has 0 spiro atoms. The highest BCUT2D eigenvalue weighted by Gasteiger charge is 2.27. The molecule has 1 atom stereocenters. The molecule has 20 heavy (non-hydrogen) atoms. The summed E-state index contributed by atoms with van der Waals surface area (Å²) in [5, 5.41) is 9.46. The number of carbonyl (C=O) groups excluding carboxylic acids is 2. The third kappa shape index (κ3) is 2.51. The Balaban J connectivity index is 1.66. The summed E-state index contributed by atoms with van der Waals surface area (Å²) < 4.78 is 1.63. The smallest absolute Gasteiger partial charge is 0.229 e. The average molecular weight is 271 g/mol. The van der Waals surface area contributed by atoms with Crippen LogP contribution in [0.25, 0.3) is 5.82 Å². The molecule has 2 aromatic heterocycles. The summed E-state index contributed by atoms with van der Waals surface area (Å²) >= 11 is 0. The van der Waals surface area contributed by atoms with Crippen LogP contribution in [0.2, 0.25) is 0 Å². The Bertz CT molecular complexity index is 621. The Labute approximate surface area is 115 Å². The van der Waals surface area contributed by atoms with Gasteiger partial charge in [0, 0.05) is 25.4 Å². The molecule has 2 amide bonds. The Hall–Kier alpha value is -2.70. The van der Waals surface area contributed by atoms with Gasteiger partial charge in [-0.05, 0) is 18.2 Å². The van der Waals surface area contributed by atoms with Crippen molar-refractivity contribution in [3.63, 3.8) is 0 Å². The zero-order valence-corrected chi connectivity index (χ0v) is 10.6. The molecule has 7 nitrogen and oxygen atoms in total. The molecule has 0 aliphatic carbocycles. The maximum Gasteiger partial charge on any atom is 0.229 e. The molecule has 3 rings (SSSR count). The number of carbonyl (C=O) groups is 2. The molecule has 0 radical (unpaired) electrons. The second-order valence-electron chi connectivity index (χ2n) is 4.55. The fourth-order valence-corrected chi connectivity index (χ4v) is 2.03. The minimum absolute atomic E-state index is 0.0858. The highest BCUT2D eigenvalue weighted by molar-refractivity contribution is 5.97. The predicted octanol–water partition coefficient (Wildman–Crippen LogP) is 0.342. The van der Waals surface area contributed by atoms with Crippen LogP contribution < -0.4 is 10.6 Å². The van der Waals surface area contributed by atoms with Gasteiger partial charge in [0.1, 0.15) is 0 Å². The minimum Gasteiger partial charge on any atom is -0.355 e. The van der Waals surface area contributed by atoms with E-state index in [2.05, 4.69) is 20.7 Å². The van der Waals surface area contributed by atoms with Crippen molar-refractivity contribution in [2.75, 3.05) is 11.9 Å². The fraction of sp³-hybridized carbons (Fsp3) is 0.231. The van der Waals surface area contributed by atoms with Crippen molar-refractivity contribution in [3.05, 3.63) is 36.8 Å². The van der Waals surface area contributed by atoms with Crippen LogP contribution in [0.1, 0.15) is 6.42 Å². The summed E-state index contributed by atoms with van der Waals surface area (Å²) in [6.45, 7) is 0.392. The van der Waals surface area contributed by atoms with Crippen LogP contribution in [-0.2, 0) is 9.59 Å². The number of nitrogens with one attached hydrogen (secondary N) is 2. The van der Waals surface area contributed by atoms with Crippen LogP contribution in [0, 0.1) is 5.92 Å². The first kappa shape index (κ1) is 12.3. The highest BCUT2D eigenvalue weighted by Crippen LogP contribution is 2.14. The largest absolute Gasteiger partial charge is 0.355 e. The summed E-state index contributed by atoms with van der Waals surface area (Å²) in [4.78, 5) is 27.2. The molecular formula is C13H13N5O2. The third-order valence-electron chi connectivity index (χ3n) is 3.10. The van der Waals surface area contributed by atoms with E-state index in [4.69, 9.17) is 0 Å². The van der Waals surface area contributed by atoms with Gasteiger partial charge in [0.25, 0.3) is 0 Å². The Morgan fingerprint density at radius 3 is 2.95 bits per heavy atom. The molecule has 0 aromatic carbocycles. The second kappa shape index (κ2) is 5.12. The first-order valence-electron chi connectivity index (χ1n) is 6.26. The van der Waals surface area contributed by atoms with Crippen molar-refractivity contribution < 1.29 is 9.59 Å². The minimum atomic E-state index is -0.312. The summed E-state index contributed by atoms with van der Waals surface area (Å²) in [5.74, 6) is 0.105. The average Bonchev–Trinajstić information content (AvgIpc) is 3.10. The predicted molar refractivity (Wildman–Crippen MR) is 71.1 cm³/mol. The van der Waals surface area contributed by atoms with Gasteiger partial charge >= 0.3 is 0 Å². The lowest BCUT2D eigenvalue weighted by molar-refractivity contribution is -0.123. The number of nitrogens with zero attached hydrogens (tertiary/aromatic N) is 3. The Morgan fingerprint density at radius 2 is 2.35 bits per heavy atom. The maximum atomic E-state index is 11.9. The molecule has 2 aromatic rings. The van der Waals surface area contributed by atoms with Crippen LogP contribution in [0.3, 0.4) is 0 Å². The number of hydrogen-bond donors (Lipinski definition) is 2. The normalized spacial score (nSPS) is 17.8. The molecule has 1 saturated heterocycles. The number of anilines is 1. The van der Waals surface area contributed by atoms with E-state index in [1.54, 1.807) is 35.4 Å². The van der Waals surface area contributed by atoms with Gasteiger partial charge in [0.2, 0.25) is 11.8 Å². The molecule has 1 aliphatic rings. The van der Waals surface area contributed by atoms with E-state index in [1.807, 2.05) is 6.07 Å². The number of rotatable bonds is 3. The molecule has 102 valence electrons. The van der Waals surface area contributed by atoms with Crippen LogP contribution in [0.4, 0.5) is 5.69 Å². The first-order chi connectivity index (χ1) is 9.72. The van der Waals surface area contributed by atoms with Gasteiger partial charge in [0.05, 0.1) is 17.8 Å². The van der Waals surface area contributed by atoms with Crippen molar-refractivity contribution in [2.24, 2.45) is 5.92 Å². The monoisotopic (exact) mass is 271 g/mol. The molecule has 1 unspecified atom stereocenters. The summed E-state index contributed by atoms with van der Waals surface area (Å²) in [6, 6.07) is 5.33. The SMILES string of the molecule is O=C1CC(C(=O)Nc2ccc(-n3cccn3)nc2)CN1. The lowest BCUT2D eigenvalue weighted by Crippen LogP contribution is -2.24. The molecule has 1 fully saturated rings. The van der Waals surface area contributed by atoms with Crippen LogP contribution >= 0.6 is 0 Å². The van der Waals surface area contributed by atoms with E-state index in [0.717, 1.165) is 0 Å². The summed E-state index contributed by atoms with van der Waals surface area (Å²) in [5.41, 5.74) is 0.602. The van der Waals surface area contributed by atoms with Crippen molar-refractivity contribution in [1.29, 1.82) is 0 Å². The van der Waals surface area contributed by atoms with E-state index in [9.17, 15) is 9.59 Å². The molecule has 0 saturated carbocycles. The second-order valence-corrected chi connectivity index (χ2v) is 4.55. The number of aromatic nitrogens is 3. The van der Waals surface area contributed by atoms with Gasteiger partial charge in [-0.15, -0.1) is 0 Å². The lowest BCUT2D eigenvalue weighted by atomic mass is 10.1. The van der Waals surface area contributed by atoms with Crippen LogP contribution in [-0.4, -0.2) is 33.1 Å². The summed E-state index contributed by atoms with van der Waals surface area (Å²) in [7, 11) is 0. The zero-order chi connectivity index (χ0) is 13.9. The van der Waals surface area contributed by atoms with Crippen LogP contribution in [0.5, 0.6) is 0 Å². The van der Waals surface area contributed by atoms with Crippen molar-refractivity contribution in [1.82, 2.24) is 20.1 Å². The van der Waals surface area contributed by atoms with Gasteiger partial charge in [0.15, 0.2) is 5.82 Å². The van der Waals surface area contributed by atoms with Crippen LogP contribution in [0.15, 0.2) is 36.8 Å². The van der Waals surface area contributed by atoms with E-state index in [-0.39, 0.29) is 24.2 Å². The quantitative estimate of drug-likeness (QED) is 0.842. The molecule has 1 aliphatic heterocycles. The topological polar surface area (TPSA) is 88.9 Å². The molecular weight excluding hydrogens is 258 g/mol. The maximum absolute atomic E-state index is 11.9. The number of amides is 2. The van der Waals surface area contributed by atoms with E-state index >= 15 is 0 Å². The van der Waals surface area contributed by atoms with Gasteiger partial charge in [-0.1, -0.05) is 0 Å². The number of hydrogen-bond acceptors (Lipinski definition) is 4. The Morgan fingerprint density at radius 1 is 1.45 bits per heavy atom. The lowest BCUT2D eigenvalue weighted by Gasteiger charge is -2.09. The summed E-state index contributed by atoms with van der Waals surface area (Å²) in [6.07, 6.45) is 5.27. The van der Waals surface area contributed by atoms with E-state index in [0.29, 0.717) is 18.1 Å². The fourth-order valence-electron chi connectivity index (χ4n) is 2.03. The first-order valence-corrected chi connectivity index (χ1v) is 6.26. The molecule has 2 N–H and O–H groups in total. The van der Waals surface area contributed by atoms with Crippen molar-refractivity contribution >= 4 is 17.5 Å². The van der Waals surface area contributed by atoms with E-state index < -0.39 is 0 Å². The highest BCUT2D eigenvalue weighted by atomic mass is 16.2. The van der Waals surface area contributed by atoms with Gasteiger partial charge in [-0.2, -0.15) is 5.10 Å². The van der Waals surface area contributed by atoms with Crippen molar-refractivity contribution in [3.8, 4) is 5.82 Å². The molecule has 0 bridgehead atoms. The van der Waals surface area contributed by atoms with Gasteiger partial charge in [-0.25, -0.2) is 9.67 Å². The Kier molecular flexibility index (Phi) is 3.16.